The predicted molar refractivity (Wildman–Crippen MR) is 93.4 cm³/mol. The van der Waals surface area contributed by atoms with E-state index in [9.17, 15) is 0 Å². The molecule has 19 heavy (non-hydrogen) atoms. The molecule has 0 aliphatic carbocycles. The molecular weight excluding hydrogens is 334 g/mol. The number of rotatable bonds is 3. The molecule has 0 aromatic heterocycles. The van der Waals surface area contributed by atoms with Crippen LogP contribution in [0, 0.1) is 11.8 Å². The Bertz CT molecular complexity index is 377. The van der Waals surface area contributed by atoms with Gasteiger partial charge in [0.05, 0.1) is 0 Å². The molecule has 2 heteroatoms. The third-order valence-electron chi connectivity index (χ3n) is 5.32. The van der Waals surface area contributed by atoms with E-state index in [0.29, 0.717) is 18.5 Å². The van der Waals surface area contributed by atoms with Crippen LogP contribution in [0.5, 0.6) is 0 Å². The first-order valence-corrected chi connectivity index (χ1v) is 16.5. The molecule has 0 aromatic rings. The zero-order valence-electron chi connectivity index (χ0n) is 14.8. The Hall–Kier alpha value is 0.344. The molecule has 1 rings (SSSR count). The van der Waals surface area contributed by atoms with Gasteiger partial charge in [-0.1, -0.05) is 0 Å². The van der Waals surface area contributed by atoms with Crippen LogP contribution < -0.4 is 0 Å². The van der Waals surface area contributed by atoms with Gasteiger partial charge < -0.3 is 0 Å². The summed E-state index contributed by atoms with van der Waals surface area (Å²) in [7, 11) is 0. The normalized spacial score (nSPS) is 20.4. The van der Waals surface area contributed by atoms with E-state index in [1.807, 2.05) is 7.18 Å². The van der Waals surface area contributed by atoms with Crippen LogP contribution in [0.2, 0.25) is 15.7 Å². The van der Waals surface area contributed by atoms with Crippen molar-refractivity contribution in [2.75, 3.05) is 0 Å². The average Bonchev–Trinajstić information content (AvgIpc) is 2.24. The first-order valence-electron chi connectivity index (χ1n) is 7.95. The Balaban J connectivity index is 3.58. The van der Waals surface area contributed by atoms with Crippen molar-refractivity contribution in [3.8, 4) is 0 Å². The van der Waals surface area contributed by atoms with E-state index in [-0.39, 0.29) is 0 Å². The van der Waals surface area contributed by atoms with Crippen LogP contribution in [0.1, 0.15) is 55.4 Å². The summed E-state index contributed by atoms with van der Waals surface area (Å²) in [5.41, 5.74) is 3.59. The predicted octanol–water partition coefficient (Wildman–Crippen LogP) is 5.72. The van der Waals surface area contributed by atoms with E-state index >= 15 is 0 Å². The molecule has 0 N–H and O–H groups in total. The summed E-state index contributed by atoms with van der Waals surface area (Å²) in [6.07, 6.45) is 0. The molecule has 0 atom stereocenters. The van der Waals surface area contributed by atoms with Gasteiger partial charge in [-0.2, -0.15) is 0 Å². The Morgan fingerprint density at radius 2 is 1.05 bits per heavy atom. The fourth-order valence-corrected chi connectivity index (χ4v) is 12.2. The van der Waals surface area contributed by atoms with Crippen LogP contribution >= 0.6 is 0 Å². The van der Waals surface area contributed by atoms with E-state index < -0.39 is 18.4 Å². The van der Waals surface area contributed by atoms with E-state index in [1.165, 1.54) is 0 Å². The zero-order valence-corrected chi connectivity index (χ0v) is 17.7. The van der Waals surface area contributed by atoms with Gasteiger partial charge in [0.15, 0.2) is 0 Å². The summed E-state index contributed by atoms with van der Waals surface area (Å²) < 4.78 is 3.65. The van der Waals surface area contributed by atoms with Gasteiger partial charge in [-0.05, 0) is 0 Å². The van der Waals surface area contributed by atoms with Gasteiger partial charge >= 0.3 is 126 Å². The third-order valence-corrected chi connectivity index (χ3v) is 17.7. The molecule has 0 amide bonds. The second-order valence-corrected chi connectivity index (χ2v) is 21.4. The van der Waals surface area contributed by atoms with Crippen LogP contribution in [0.4, 0.5) is 0 Å². The molecule has 0 fully saturated rings. The molecule has 1 aliphatic rings. The monoisotopic (exact) mass is 368 g/mol. The number of hydrogen-bond donors (Lipinski definition) is 0. The summed E-state index contributed by atoms with van der Waals surface area (Å²) in [5, 5.41) is 0. The Kier molecular flexibility index (Phi) is 5.49. The van der Waals surface area contributed by atoms with Gasteiger partial charge in [-0.3, -0.25) is 0 Å². The fraction of sp³-hybridized carbons (Fsp3) is 0.765. The minimum atomic E-state index is -2.20. The SMILES string of the molecule is C[C]1=C(C(C)C)B(C(C)C)C(C(C)C)=[C](C)[Sn]1([CH3])[CH3]. The van der Waals surface area contributed by atoms with Gasteiger partial charge in [0.2, 0.25) is 0 Å². The Morgan fingerprint density at radius 1 is 0.737 bits per heavy atom. The van der Waals surface area contributed by atoms with Crippen LogP contribution in [0.3, 0.4) is 0 Å². The molecule has 108 valence electrons. The summed E-state index contributed by atoms with van der Waals surface area (Å²) in [4.78, 5) is 5.22. The maximum atomic E-state index is 2.61. The van der Waals surface area contributed by atoms with Gasteiger partial charge in [-0.25, -0.2) is 0 Å². The van der Waals surface area contributed by atoms with Crippen LogP contribution in [-0.4, -0.2) is 25.1 Å². The van der Waals surface area contributed by atoms with E-state index in [2.05, 4.69) is 65.3 Å². The molecule has 0 unspecified atom stereocenters. The van der Waals surface area contributed by atoms with Gasteiger partial charge in [0, 0.05) is 0 Å². The third kappa shape index (κ3) is 3.01. The number of hydrogen-bond acceptors (Lipinski definition) is 0. The summed E-state index contributed by atoms with van der Waals surface area (Å²) in [6.45, 7) is 20.0. The minimum absolute atomic E-state index is 0.699. The second-order valence-electron chi connectivity index (χ2n) is 7.82. The standard InChI is InChI=1S/C15H27B.2CH3.Sn/c1-9-14(11(3)4)16(13(7)8)15(10-2)12(5)6;;;/h11-13H,1-8H3;2*1H3;. The Morgan fingerprint density at radius 3 is 1.26 bits per heavy atom. The molecule has 0 radical (unpaired) electrons. The summed E-state index contributed by atoms with van der Waals surface area (Å²) in [6, 6.07) is 0. The average molecular weight is 367 g/mol. The van der Waals surface area contributed by atoms with E-state index in [4.69, 9.17) is 0 Å². The van der Waals surface area contributed by atoms with Crippen molar-refractivity contribution in [3.05, 3.63) is 18.1 Å². The summed E-state index contributed by atoms with van der Waals surface area (Å²) in [5.74, 6) is 2.12. The van der Waals surface area contributed by atoms with Crippen molar-refractivity contribution in [1.82, 2.24) is 0 Å². The zero-order chi connectivity index (χ0) is 15.1. The molecule has 0 bridgehead atoms. The molecule has 0 aromatic carbocycles. The van der Waals surface area contributed by atoms with Crippen molar-refractivity contribution in [2.24, 2.45) is 11.8 Å². The maximum absolute atomic E-state index is 2.61. The van der Waals surface area contributed by atoms with Crippen molar-refractivity contribution in [1.29, 1.82) is 0 Å². The molecule has 0 nitrogen and oxygen atoms in total. The molecule has 0 spiro atoms. The molecule has 0 saturated carbocycles. The van der Waals surface area contributed by atoms with Crippen LogP contribution in [0.25, 0.3) is 0 Å². The van der Waals surface area contributed by atoms with Crippen molar-refractivity contribution in [3.63, 3.8) is 0 Å². The van der Waals surface area contributed by atoms with Gasteiger partial charge in [-0.15, -0.1) is 0 Å². The van der Waals surface area contributed by atoms with Crippen LogP contribution in [0.15, 0.2) is 18.1 Å². The van der Waals surface area contributed by atoms with Crippen molar-refractivity contribution < 1.29 is 0 Å². The first kappa shape index (κ1) is 17.4. The molecule has 0 saturated heterocycles. The topological polar surface area (TPSA) is 0 Å². The number of allylic oxidation sites excluding steroid dienone is 4. The van der Waals surface area contributed by atoms with E-state index in [0.717, 1.165) is 5.82 Å². The fourth-order valence-electron chi connectivity index (χ4n) is 3.94. The quantitative estimate of drug-likeness (QED) is 0.561. The summed E-state index contributed by atoms with van der Waals surface area (Å²) >= 11 is -2.20. The van der Waals surface area contributed by atoms with Crippen molar-refractivity contribution >= 4 is 25.1 Å². The molecular formula is C17H33BSn. The molecule has 1 heterocycles. The second kappa shape index (κ2) is 5.99. The van der Waals surface area contributed by atoms with Crippen LogP contribution in [-0.2, 0) is 0 Å². The first-order chi connectivity index (χ1) is 8.53. The van der Waals surface area contributed by atoms with E-state index in [1.54, 1.807) is 10.9 Å². The van der Waals surface area contributed by atoms with Gasteiger partial charge in [0.25, 0.3) is 0 Å². The molecule has 1 aliphatic heterocycles. The van der Waals surface area contributed by atoms with Gasteiger partial charge in [0.1, 0.15) is 0 Å². The van der Waals surface area contributed by atoms with Crippen molar-refractivity contribution in [2.45, 2.75) is 71.1 Å². The Labute approximate surface area is 126 Å².